The molecule has 8 aromatic rings. The van der Waals surface area contributed by atoms with Crippen molar-refractivity contribution in [3.63, 3.8) is 0 Å². The molecule has 0 atom stereocenters. The van der Waals surface area contributed by atoms with Crippen LogP contribution in [0.4, 0.5) is 53.0 Å². The molecule has 20 nitrogen and oxygen atoms in total. The number of hydrogen-bond acceptors (Lipinski definition) is 13. The van der Waals surface area contributed by atoms with Gasteiger partial charge in [0.2, 0.25) is 6.20 Å². The fraction of sp³-hybridized carbons (Fsp3) is 0.355. The molecule has 4 aliphatic rings. The maximum atomic E-state index is 16.2. The quantitative estimate of drug-likeness (QED) is 0.0404. The molecular formula is C62H55ClF7N16O4+. The van der Waals surface area contributed by atoms with Crippen LogP contribution in [0.15, 0.2) is 85.6 Å². The zero-order chi connectivity index (χ0) is 63.9. The first-order valence-corrected chi connectivity index (χ1v) is 29.0. The highest BCUT2D eigenvalue weighted by Gasteiger charge is 2.48. The number of aromatic nitrogens is 10. The Morgan fingerprint density at radius 1 is 0.778 bits per heavy atom. The van der Waals surface area contributed by atoms with Crippen molar-refractivity contribution < 1.29 is 54.5 Å². The highest BCUT2D eigenvalue weighted by atomic mass is 35.5. The number of ether oxygens (including phenoxy) is 1. The van der Waals surface area contributed by atoms with Crippen LogP contribution in [0, 0.1) is 33.9 Å². The summed E-state index contributed by atoms with van der Waals surface area (Å²) in [5.74, 6) is -2.46. The number of benzene rings is 3. The molecule has 0 bridgehead atoms. The Morgan fingerprint density at radius 3 is 2.13 bits per heavy atom. The van der Waals surface area contributed by atoms with Crippen LogP contribution < -0.4 is 19.4 Å². The van der Waals surface area contributed by atoms with Crippen LogP contribution in [0.2, 0.25) is 5.15 Å². The molecule has 12 rings (SSSR count). The molecule has 8 heterocycles. The van der Waals surface area contributed by atoms with Crippen LogP contribution in [-0.2, 0) is 57.5 Å². The molecule has 1 saturated carbocycles. The highest BCUT2D eigenvalue weighted by Crippen LogP contribution is 2.53. The second-order valence-corrected chi connectivity index (χ2v) is 24.4. The molecule has 1 spiro atoms. The monoisotopic (exact) mass is 1260 g/mol. The molecule has 90 heavy (non-hydrogen) atoms. The predicted molar refractivity (Wildman–Crippen MR) is 311 cm³/mol. The number of nitrogens with zero attached hydrogens (tertiary/aromatic N) is 16. The summed E-state index contributed by atoms with van der Waals surface area (Å²) in [6.45, 7) is 5.51. The normalized spacial score (nSPS) is 15.4. The minimum absolute atomic E-state index is 0.0270. The number of unbranched alkanes of at least 4 members (excludes halogenated alkanes) is 2. The lowest BCUT2D eigenvalue weighted by molar-refractivity contribution is -0.776. The van der Waals surface area contributed by atoms with Gasteiger partial charge < -0.3 is 9.30 Å². The van der Waals surface area contributed by atoms with Crippen LogP contribution in [0.1, 0.15) is 113 Å². The van der Waals surface area contributed by atoms with Crippen molar-refractivity contribution in [3.8, 4) is 57.3 Å². The van der Waals surface area contributed by atoms with E-state index in [1.165, 1.54) is 58.5 Å². The molecule has 5 aromatic heterocycles. The summed E-state index contributed by atoms with van der Waals surface area (Å²) in [7, 11) is 3.35. The lowest BCUT2D eigenvalue weighted by atomic mass is 9.97. The van der Waals surface area contributed by atoms with Crippen LogP contribution in [-0.4, -0.2) is 92.2 Å². The third kappa shape index (κ3) is 11.6. The van der Waals surface area contributed by atoms with Gasteiger partial charge in [0, 0.05) is 55.4 Å². The molecule has 2 fully saturated rings. The van der Waals surface area contributed by atoms with Gasteiger partial charge in [-0.1, -0.05) is 22.3 Å². The summed E-state index contributed by atoms with van der Waals surface area (Å²) in [6.07, 6.45) is -2.00. The molecule has 1 saturated heterocycles. The minimum Gasteiger partial charge on any atom is -0.443 e. The largest absolute Gasteiger partial charge is 0.443 e. The van der Waals surface area contributed by atoms with Crippen LogP contribution in [0.3, 0.4) is 0 Å². The van der Waals surface area contributed by atoms with Gasteiger partial charge in [-0.15, -0.1) is 20.4 Å². The van der Waals surface area contributed by atoms with Gasteiger partial charge >= 0.3 is 18.4 Å². The molecule has 3 aliphatic heterocycles. The number of fused-ring (bicyclic) bond motifs is 2. The summed E-state index contributed by atoms with van der Waals surface area (Å²) in [4.78, 5) is 57.7. The van der Waals surface area contributed by atoms with Crippen LogP contribution >= 0.6 is 11.6 Å². The number of pyridine rings is 2. The summed E-state index contributed by atoms with van der Waals surface area (Å²) in [5, 5.41) is 36.5. The van der Waals surface area contributed by atoms with Gasteiger partial charge in [0.25, 0.3) is 18.5 Å². The maximum Gasteiger partial charge on any atom is 0.416 e. The Labute approximate surface area is 514 Å². The molecule has 0 N–H and O–H groups in total. The van der Waals surface area contributed by atoms with E-state index in [1.807, 2.05) is 6.07 Å². The Morgan fingerprint density at radius 2 is 1.47 bits per heavy atom. The van der Waals surface area contributed by atoms with E-state index in [0.29, 0.717) is 35.5 Å². The number of aryl methyl sites for hydroxylation is 1. The van der Waals surface area contributed by atoms with Gasteiger partial charge in [-0.05, 0) is 153 Å². The predicted octanol–water partition coefficient (Wildman–Crippen LogP) is 11.4. The average Bonchev–Trinajstić information content (AvgIpc) is 1.60. The van der Waals surface area contributed by atoms with E-state index >= 15 is 4.39 Å². The minimum atomic E-state index is -4.81. The molecule has 1 aliphatic carbocycles. The van der Waals surface area contributed by atoms with Gasteiger partial charge in [0.1, 0.15) is 64.0 Å². The van der Waals surface area contributed by atoms with Crippen molar-refractivity contribution >= 4 is 47.0 Å². The summed E-state index contributed by atoms with van der Waals surface area (Å²) in [5.41, 5.74) is -2.21. The Bertz CT molecular complexity index is 4340. The second kappa shape index (κ2) is 22.8. The Hall–Kier alpha value is -9.60. The molecular weight excluding hydrogens is 1200 g/mol. The number of rotatable bonds is 15. The van der Waals surface area contributed by atoms with E-state index in [-0.39, 0.29) is 105 Å². The first-order chi connectivity index (χ1) is 42.7. The lowest BCUT2D eigenvalue weighted by Crippen LogP contribution is -2.44. The van der Waals surface area contributed by atoms with Gasteiger partial charge in [-0.2, -0.15) is 41.5 Å². The zero-order valence-corrected chi connectivity index (χ0v) is 49.8. The van der Waals surface area contributed by atoms with Crippen LogP contribution in [0.5, 0.6) is 0 Å². The SMILES string of the molecule is Cn1cnnc1-c1c[n+](Cn2cnnc2-c2cc(F)c(C#N)cc2-c2cc(Cl)nc(N3Cc4c(cc(CN5CCC6(CC6)C5)cc4C(F)(F)F)C3=O)c2)n(C)c1-c1cc(N(CCCCC#N)C(=O)OC(C)(C)C)nc(N2Cc3c(cccc3C(F)(F)F)C2=O)c1. The summed E-state index contributed by atoms with van der Waals surface area (Å²) < 4.78 is 117. The Kier molecular flexibility index (Phi) is 15.4. The number of carbonyl (C=O) groups excluding carboxylic acids is 3. The maximum absolute atomic E-state index is 16.2. The first kappa shape index (κ1) is 60.7. The molecule has 28 heteroatoms. The number of halogens is 8. The number of likely N-dealkylation sites (tertiary alicyclic amines) is 1. The third-order valence-electron chi connectivity index (χ3n) is 16.7. The van der Waals surface area contributed by atoms with E-state index in [9.17, 15) is 51.2 Å². The number of hydrogen-bond donors (Lipinski definition) is 0. The molecule has 0 radical (unpaired) electrons. The Balaban J connectivity index is 0.943. The molecule has 3 aromatic carbocycles. The number of amides is 3. The summed E-state index contributed by atoms with van der Waals surface area (Å²) >= 11 is 6.72. The lowest BCUT2D eigenvalue weighted by Gasteiger charge is -2.28. The third-order valence-corrected chi connectivity index (χ3v) is 16.9. The van der Waals surface area contributed by atoms with E-state index in [0.717, 1.165) is 66.4 Å². The van der Waals surface area contributed by atoms with E-state index < -0.39 is 71.5 Å². The first-order valence-electron chi connectivity index (χ1n) is 28.6. The molecule has 0 unspecified atom stereocenters. The number of anilines is 3. The van der Waals surface area contributed by atoms with Gasteiger partial charge in [0.05, 0.1) is 42.9 Å². The smallest absolute Gasteiger partial charge is 0.416 e. The van der Waals surface area contributed by atoms with Gasteiger partial charge in [-0.3, -0.25) is 33.8 Å². The van der Waals surface area contributed by atoms with Crippen molar-refractivity contribution in [2.24, 2.45) is 19.5 Å². The number of carbonyl (C=O) groups is 3. The van der Waals surface area contributed by atoms with E-state index in [2.05, 4.69) is 36.3 Å². The molecule has 3 amide bonds. The fourth-order valence-corrected chi connectivity index (χ4v) is 12.3. The van der Waals surface area contributed by atoms with Gasteiger partial charge in [0.15, 0.2) is 11.6 Å². The van der Waals surface area contributed by atoms with Crippen LogP contribution in [0.25, 0.3) is 45.2 Å². The fourth-order valence-electron chi connectivity index (χ4n) is 12.1. The number of alkyl halides is 6. The summed E-state index contributed by atoms with van der Waals surface area (Å²) in [6, 6.07) is 18.0. The van der Waals surface area contributed by atoms with Crippen molar-refractivity contribution in [2.75, 3.05) is 34.3 Å². The van der Waals surface area contributed by atoms with Gasteiger partial charge in [-0.25, -0.2) is 19.2 Å². The van der Waals surface area contributed by atoms with Crippen molar-refractivity contribution in [1.29, 1.82) is 10.5 Å². The van der Waals surface area contributed by atoms with E-state index in [1.54, 1.807) is 61.1 Å². The zero-order valence-electron chi connectivity index (χ0n) is 49.1. The topological polar surface area (TPSA) is 217 Å². The second-order valence-electron chi connectivity index (χ2n) is 24.0. The average molecular weight is 1260 g/mol. The van der Waals surface area contributed by atoms with E-state index in [4.69, 9.17) is 21.3 Å². The van der Waals surface area contributed by atoms with Crippen molar-refractivity contribution in [2.45, 2.75) is 104 Å². The highest BCUT2D eigenvalue weighted by molar-refractivity contribution is 6.30. The standard InChI is InChI=1S/C62H55ClF7N16O4/c1-59(2,3)90-58(89)84(16-8-6-7-15-71)51-23-37(24-52(76-51)86-29-43-39(56(86)87)10-9-11-46(43)61(65,66)67)53-45(54-77-73-32-79(54)4)28-83(80(53)5)34-82-33-74-78-55(82)41-25-48(64)38(26-72)20-40(41)36-21-49(63)75-50(22-36)85-30-44-42(57(85)88)18-35(19-47(44)62(68,69)70)27-81-17-14-60(31-81)12-13-60/h9-11,18-25,28,32-33H,6-8,12-14,16-17,27,29-31,34H2,1-5H3/q+1. The molecule has 462 valence electrons. The number of nitriles is 2. The van der Waals surface area contributed by atoms with Crippen molar-refractivity contribution in [3.05, 3.63) is 141 Å². The van der Waals surface area contributed by atoms with Crippen molar-refractivity contribution in [1.82, 2.24) is 49.1 Å².